The van der Waals surface area contributed by atoms with E-state index < -0.39 is 0 Å². The van der Waals surface area contributed by atoms with Gasteiger partial charge in [-0.25, -0.2) is 0 Å². The summed E-state index contributed by atoms with van der Waals surface area (Å²) in [5.74, 6) is 0.373. The third-order valence-corrected chi connectivity index (χ3v) is 3.35. The topological polar surface area (TPSA) is 64.3 Å². The molecule has 1 saturated heterocycles. The van der Waals surface area contributed by atoms with Crippen LogP contribution in [0.5, 0.6) is 0 Å². The molecule has 1 aliphatic heterocycles. The van der Waals surface area contributed by atoms with Crippen LogP contribution in [0.1, 0.15) is 28.8 Å². The van der Waals surface area contributed by atoms with E-state index in [1.807, 2.05) is 13.0 Å². The first-order chi connectivity index (χ1) is 8.66. The lowest BCUT2D eigenvalue weighted by atomic mass is 10.0. The molecule has 18 heavy (non-hydrogen) atoms. The zero-order valence-electron chi connectivity index (χ0n) is 10.7. The Morgan fingerprint density at radius 1 is 1.56 bits per heavy atom. The predicted molar refractivity (Wildman–Crippen MR) is 71.5 cm³/mol. The molecule has 0 aromatic heterocycles. The lowest BCUT2D eigenvalue weighted by molar-refractivity contribution is 0.0536. The number of anilines is 1. The molecule has 4 nitrogen and oxygen atoms in total. The minimum absolute atomic E-state index is 0.0627. The third-order valence-electron chi connectivity index (χ3n) is 3.35. The van der Waals surface area contributed by atoms with E-state index in [4.69, 9.17) is 10.5 Å². The van der Waals surface area contributed by atoms with Gasteiger partial charge in [0.1, 0.15) is 0 Å². The number of rotatable bonds is 3. The van der Waals surface area contributed by atoms with E-state index in [0.29, 0.717) is 23.7 Å². The molecule has 1 aromatic rings. The van der Waals surface area contributed by atoms with Gasteiger partial charge >= 0.3 is 0 Å². The van der Waals surface area contributed by atoms with E-state index in [2.05, 4.69) is 5.32 Å². The Morgan fingerprint density at radius 2 is 2.39 bits per heavy atom. The van der Waals surface area contributed by atoms with Crippen LogP contribution in [0.3, 0.4) is 0 Å². The number of carbonyl (C=O) groups is 1. The maximum atomic E-state index is 11.9. The van der Waals surface area contributed by atoms with Crippen LogP contribution in [-0.4, -0.2) is 25.7 Å². The number of nitrogens with two attached hydrogens (primary N) is 1. The van der Waals surface area contributed by atoms with Crippen molar-refractivity contribution in [2.45, 2.75) is 19.8 Å². The van der Waals surface area contributed by atoms with Gasteiger partial charge in [-0.3, -0.25) is 4.79 Å². The van der Waals surface area contributed by atoms with Crippen LogP contribution < -0.4 is 11.1 Å². The average molecular weight is 248 g/mol. The summed E-state index contributed by atoms with van der Waals surface area (Å²) in [5, 5.41) is 2.94. The number of hydrogen-bond donors (Lipinski definition) is 2. The Balaban J connectivity index is 1.88. The van der Waals surface area contributed by atoms with E-state index >= 15 is 0 Å². The molecular weight excluding hydrogens is 228 g/mol. The molecule has 98 valence electrons. The standard InChI is InChI=1S/C14H20N2O2/c1-10-4-5-12(7-13(10)15)14(17)16-8-11-3-2-6-18-9-11/h4-5,7,11H,2-3,6,8-9,15H2,1H3,(H,16,17). The van der Waals surface area contributed by atoms with Crippen molar-refractivity contribution < 1.29 is 9.53 Å². The molecule has 0 radical (unpaired) electrons. The van der Waals surface area contributed by atoms with E-state index in [9.17, 15) is 4.79 Å². The second kappa shape index (κ2) is 5.87. The maximum Gasteiger partial charge on any atom is 0.251 e. The molecule has 1 aliphatic rings. The number of aryl methyl sites for hydroxylation is 1. The minimum Gasteiger partial charge on any atom is -0.398 e. The summed E-state index contributed by atoms with van der Waals surface area (Å²) in [6, 6.07) is 5.40. The van der Waals surface area contributed by atoms with Crippen LogP contribution in [0.4, 0.5) is 5.69 Å². The zero-order valence-corrected chi connectivity index (χ0v) is 10.7. The van der Waals surface area contributed by atoms with Crippen LogP contribution in [-0.2, 0) is 4.74 Å². The monoisotopic (exact) mass is 248 g/mol. The molecule has 1 amide bonds. The normalized spacial score (nSPS) is 19.5. The van der Waals surface area contributed by atoms with E-state index in [0.717, 1.165) is 31.6 Å². The molecule has 0 spiro atoms. The summed E-state index contributed by atoms with van der Waals surface area (Å²) in [4.78, 5) is 11.9. The Kier molecular flexibility index (Phi) is 4.20. The van der Waals surface area contributed by atoms with E-state index in [-0.39, 0.29) is 5.91 Å². The fraction of sp³-hybridized carbons (Fsp3) is 0.500. The van der Waals surface area contributed by atoms with Crippen molar-refractivity contribution in [3.8, 4) is 0 Å². The highest BCUT2D eigenvalue weighted by molar-refractivity contribution is 5.95. The van der Waals surface area contributed by atoms with Crippen molar-refractivity contribution in [1.82, 2.24) is 5.32 Å². The molecule has 1 fully saturated rings. The molecule has 1 unspecified atom stereocenters. The van der Waals surface area contributed by atoms with Gasteiger partial charge in [0.25, 0.3) is 5.91 Å². The van der Waals surface area contributed by atoms with Gasteiger partial charge in [0, 0.05) is 24.4 Å². The highest BCUT2D eigenvalue weighted by Gasteiger charge is 2.15. The summed E-state index contributed by atoms with van der Waals surface area (Å²) in [5.41, 5.74) is 8.07. The zero-order chi connectivity index (χ0) is 13.0. The quantitative estimate of drug-likeness (QED) is 0.801. The van der Waals surface area contributed by atoms with E-state index in [1.165, 1.54) is 0 Å². The highest BCUT2D eigenvalue weighted by atomic mass is 16.5. The number of benzene rings is 1. The summed E-state index contributed by atoms with van der Waals surface area (Å²) < 4.78 is 5.38. The number of amides is 1. The van der Waals surface area contributed by atoms with Gasteiger partial charge in [-0.05, 0) is 43.4 Å². The summed E-state index contributed by atoms with van der Waals surface area (Å²) in [6.45, 7) is 4.19. The minimum atomic E-state index is -0.0627. The Hall–Kier alpha value is -1.55. The first-order valence-corrected chi connectivity index (χ1v) is 6.39. The molecule has 0 bridgehead atoms. The highest BCUT2D eigenvalue weighted by Crippen LogP contribution is 2.14. The molecule has 1 heterocycles. The van der Waals surface area contributed by atoms with Gasteiger partial charge in [-0.1, -0.05) is 6.07 Å². The van der Waals surface area contributed by atoms with Gasteiger partial charge in [-0.2, -0.15) is 0 Å². The van der Waals surface area contributed by atoms with E-state index in [1.54, 1.807) is 12.1 Å². The first-order valence-electron chi connectivity index (χ1n) is 6.39. The second-order valence-corrected chi connectivity index (χ2v) is 4.86. The fourth-order valence-electron chi connectivity index (χ4n) is 2.09. The van der Waals surface area contributed by atoms with Gasteiger partial charge < -0.3 is 15.8 Å². The van der Waals surface area contributed by atoms with Crippen LogP contribution in [0.15, 0.2) is 18.2 Å². The van der Waals surface area contributed by atoms with Gasteiger partial charge in [0.15, 0.2) is 0 Å². The lowest BCUT2D eigenvalue weighted by Gasteiger charge is -2.22. The molecule has 3 N–H and O–H groups in total. The number of ether oxygens (including phenoxy) is 1. The van der Waals surface area contributed by atoms with Crippen LogP contribution in [0.2, 0.25) is 0 Å². The molecule has 4 heteroatoms. The Bertz CT molecular complexity index is 426. The van der Waals surface area contributed by atoms with Crippen LogP contribution in [0.25, 0.3) is 0 Å². The Labute approximate surface area is 108 Å². The first kappa shape index (κ1) is 12.9. The summed E-state index contributed by atoms with van der Waals surface area (Å²) in [6.07, 6.45) is 2.20. The number of nitrogen functional groups attached to an aromatic ring is 1. The van der Waals surface area contributed by atoms with Crippen LogP contribution >= 0.6 is 0 Å². The summed E-state index contributed by atoms with van der Waals surface area (Å²) >= 11 is 0. The number of nitrogens with one attached hydrogen (secondary N) is 1. The molecule has 1 aromatic carbocycles. The Morgan fingerprint density at radius 3 is 3.06 bits per heavy atom. The summed E-state index contributed by atoms with van der Waals surface area (Å²) in [7, 11) is 0. The number of hydrogen-bond acceptors (Lipinski definition) is 3. The van der Waals surface area contributed by atoms with Gasteiger partial charge in [0.05, 0.1) is 6.61 Å². The number of carbonyl (C=O) groups excluding carboxylic acids is 1. The predicted octanol–water partition coefficient (Wildman–Crippen LogP) is 1.73. The largest absolute Gasteiger partial charge is 0.398 e. The van der Waals surface area contributed by atoms with Gasteiger partial charge in [-0.15, -0.1) is 0 Å². The average Bonchev–Trinajstić information content (AvgIpc) is 2.40. The van der Waals surface area contributed by atoms with Crippen molar-refractivity contribution in [3.05, 3.63) is 29.3 Å². The molecule has 2 rings (SSSR count). The fourth-order valence-corrected chi connectivity index (χ4v) is 2.09. The molecular formula is C14H20N2O2. The maximum absolute atomic E-state index is 11.9. The van der Waals surface area contributed by atoms with Crippen molar-refractivity contribution in [3.63, 3.8) is 0 Å². The smallest absolute Gasteiger partial charge is 0.251 e. The SMILES string of the molecule is Cc1ccc(C(=O)NCC2CCCOC2)cc1N. The lowest BCUT2D eigenvalue weighted by Crippen LogP contribution is -2.33. The molecule has 1 atom stereocenters. The van der Waals surface area contributed by atoms with Gasteiger partial charge in [0.2, 0.25) is 0 Å². The molecule has 0 saturated carbocycles. The second-order valence-electron chi connectivity index (χ2n) is 4.86. The molecule has 0 aliphatic carbocycles. The van der Waals surface area contributed by atoms with Crippen molar-refractivity contribution in [2.24, 2.45) is 5.92 Å². The van der Waals surface area contributed by atoms with Crippen molar-refractivity contribution in [2.75, 3.05) is 25.5 Å². The third kappa shape index (κ3) is 3.23. The van der Waals surface area contributed by atoms with Crippen molar-refractivity contribution in [1.29, 1.82) is 0 Å². The van der Waals surface area contributed by atoms with Crippen molar-refractivity contribution >= 4 is 11.6 Å². The van der Waals surface area contributed by atoms with Crippen LogP contribution in [0, 0.1) is 12.8 Å².